The number of anilines is 1. The molecule has 32 heavy (non-hydrogen) atoms. The lowest BCUT2D eigenvalue weighted by atomic mass is 9.93. The SMILES string of the molecule is C[n+]1c2c(cc3cc4c(cc31)OCC4)COc1cc3c(cc1-2)CCCN3CCCC(=O)O. The maximum absolute atomic E-state index is 10.9. The monoisotopic (exact) mass is 431 g/mol. The second kappa shape index (κ2) is 7.40. The van der Waals surface area contributed by atoms with Gasteiger partial charge in [-0.2, -0.15) is 4.57 Å². The van der Waals surface area contributed by atoms with E-state index in [0.717, 1.165) is 56.0 Å². The maximum atomic E-state index is 10.9. The van der Waals surface area contributed by atoms with Gasteiger partial charge in [-0.3, -0.25) is 4.79 Å². The normalized spacial score (nSPS) is 16.0. The summed E-state index contributed by atoms with van der Waals surface area (Å²) in [5.74, 6) is 1.18. The second-order valence-electron chi connectivity index (χ2n) is 9.05. The van der Waals surface area contributed by atoms with Crippen molar-refractivity contribution in [1.82, 2.24) is 0 Å². The molecule has 2 aromatic carbocycles. The fraction of sp³-hybridized carbons (Fsp3) is 0.385. The number of aromatic nitrogens is 1. The van der Waals surface area contributed by atoms with E-state index in [0.29, 0.717) is 13.0 Å². The predicted molar refractivity (Wildman–Crippen MR) is 121 cm³/mol. The minimum absolute atomic E-state index is 0.205. The number of rotatable bonds is 4. The predicted octanol–water partition coefficient (Wildman–Crippen LogP) is 3.78. The van der Waals surface area contributed by atoms with E-state index in [1.165, 1.54) is 39.0 Å². The third kappa shape index (κ3) is 3.08. The Kier molecular flexibility index (Phi) is 4.49. The van der Waals surface area contributed by atoms with Gasteiger partial charge in [0.25, 0.3) is 0 Å². The quantitative estimate of drug-likeness (QED) is 0.637. The van der Waals surface area contributed by atoms with Crippen molar-refractivity contribution in [2.45, 2.75) is 38.7 Å². The molecular formula is C26H27N2O4+. The van der Waals surface area contributed by atoms with Crippen LogP contribution in [0.4, 0.5) is 5.69 Å². The van der Waals surface area contributed by atoms with Crippen LogP contribution in [-0.2, 0) is 31.3 Å². The Hall–Kier alpha value is -3.28. The molecule has 0 unspecified atom stereocenters. The van der Waals surface area contributed by atoms with Gasteiger partial charge in [-0.15, -0.1) is 0 Å². The van der Waals surface area contributed by atoms with Crippen LogP contribution >= 0.6 is 0 Å². The molecular weight excluding hydrogens is 404 g/mol. The third-order valence-corrected chi connectivity index (χ3v) is 7.02. The summed E-state index contributed by atoms with van der Waals surface area (Å²) in [6.45, 7) is 3.04. The summed E-state index contributed by atoms with van der Waals surface area (Å²) in [6.07, 6.45) is 3.95. The molecule has 3 aliphatic rings. The zero-order valence-corrected chi connectivity index (χ0v) is 18.3. The van der Waals surface area contributed by atoms with Gasteiger partial charge in [0.05, 0.1) is 23.8 Å². The number of benzene rings is 2. The first kappa shape index (κ1) is 19.4. The highest BCUT2D eigenvalue weighted by Gasteiger charge is 2.31. The number of aliphatic carboxylic acids is 1. The molecule has 3 aliphatic heterocycles. The molecule has 1 N–H and O–H groups in total. The summed E-state index contributed by atoms with van der Waals surface area (Å²) in [5.41, 5.74) is 8.53. The van der Waals surface area contributed by atoms with E-state index >= 15 is 0 Å². The molecule has 6 heteroatoms. The number of hydrogen-bond acceptors (Lipinski definition) is 4. The molecule has 0 amide bonds. The summed E-state index contributed by atoms with van der Waals surface area (Å²) in [5, 5.41) is 10.2. The van der Waals surface area contributed by atoms with E-state index in [1.807, 2.05) is 0 Å². The molecule has 1 aromatic heterocycles. The van der Waals surface area contributed by atoms with Gasteiger partial charge in [-0.05, 0) is 48.6 Å². The summed E-state index contributed by atoms with van der Waals surface area (Å²) in [7, 11) is 2.13. The van der Waals surface area contributed by atoms with E-state index in [1.54, 1.807) is 0 Å². The summed E-state index contributed by atoms with van der Waals surface area (Å²) < 4.78 is 14.4. The zero-order valence-electron chi connectivity index (χ0n) is 18.3. The van der Waals surface area contributed by atoms with Gasteiger partial charge >= 0.3 is 5.97 Å². The Morgan fingerprint density at radius 3 is 2.81 bits per heavy atom. The molecule has 0 atom stereocenters. The Bertz CT molecular complexity index is 1270. The molecule has 0 fully saturated rings. The van der Waals surface area contributed by atoms with Gasteiger partial charge < -0.3 is 19.5 Å². The number of ether oxygens (including phenoxy) is 2. The summed E-state index contributed by atoms with van der Waals surface area (Å²) in [4.78, 5) is 13.3. The van der Waals surface area contributed by atoms with Gasteiger partial charge in [0.2, 0.25) is 11.2 Å². The van der Waals surface area contributed by atoms with Crippen molar-refractivity contribution in [1.29, 1.82) is 0 Å². The molecule has 6 rings (SSSR count). The molecule has 0 aliphatic carbocycles. The molecule has 0 saturated carbocycles. The first-order chi connectivity index (χ1) is 15.6. The van der Waals surface area contributed by atoms with Crippen LogP contribution in [0.2, 0.25) is 0 Å². The molecule has 6 nitrogen and oxygen atoms in total. The lowest BCUT2D eigenvalue weighted by molar-refractivity contribution is -0.634. The number of hydrogen-bond donors (Lipinski definition) is 1. The summed E-state index contributed by atoms with van der Waals surface area (Å²) in [6, 6.07) is 11.2. The van der Waals surface area contributed by atoms with Crippen LogP contribution < -0.4 is 18.9 Å². The van der Waals surface area contributed by atoms with Crippen molar-refractivity contribution in [3.8, 4) is 22.8 Å². The lowest BCUT2D eigenvalue weighted by Gasteiger charge is -2.33. The smallest absolute Gasteiger partial charge is 0.303 e. The Labute approximate surface area is 187 Å². The maximum Gasteiger partial charge on any atom is 0.303 e. The minimum atomic E-state index is -0.733. The topological polar surface area (TPSA) is 62.9 Å². The highest BCUT2D eigenvalue weighted by atomic mass is 16.5. The zero-order chi connectivity index (χ0) is 21.8. The van der Waals surface area contributed by atoms with Gasteiger partial charge in [0, 0.05) is 43.1 Å². The number of aryl methyl sites for hydroxylation is 2. The van der Waals surface area contributed by atoms with Crippen LogP contribution in [0.3, 0.4) is 0 Å². The van der Waals surface area contributed by atoms with E-state index in [4.69, 9.17) is 14.6 Å². The van der Waals surface area contributed by atoms with Crippen molar-refractivity contribution in [3.05, 3.63) is 47.0 Å². The number of carbonyl (C=O) groups is 1. The fourth-order valence-electron chi connectivity index (χ4n) is 5.50. The van der Waals surface area contributed by atoms with Crippen LogP contribution in [0, 0.1) is 0 Å². The van der Waals surface area contributed by atoms with Crippen molar-refractivity contribution in [2.75, 3.05) is 24.6 Å². The molecule has 4 heterocycles. The molecule has 0 radical (unpaired) electrons. The Balaban J connectivity index is 1.43. The highest BCUT2D eigenvalue weighted by Crippen LogP contribution is 2.43. The first-order valence-electron chi connectivity index (χ1n) is 11.5. The Morgan fingerprint density at radius 2 is 1.94 bits per heavy atom. The van der Waals surface area contributed by atoms with Crippen LogP contribution in [0.15, 0.2) is 30.3 Å². The standard InChI is InChI=1S/C26H26N2O4/c1-27-21-13-23-17(6-9-31-23)10-18(21)11-19-15-32-24-14-22-16(12-20(24)26(19)27)4-2-7-28(22)8-3-5-25(29)30/h10-14H,2-9,15H2,1H3/p+1. The van der Waals surface area contributed by atoms with Crippen molar-refractivity contribution in [3.63, 3.8) is 0 Å². The number of carboxylic acids is 1. The van der Waals surface area contributed by atoms with Crippen LogP contribution in [0.5, 0.6) is 11.5 Å². The van der Waals surface area contributed by atoms with Crippen molar-refractivity contribution >= 4 is 22.6 Å². The van der Waals surface area contributed by atoms with Crippen molar-refractivity contribution < 1.29 is 23.9 Å². The Morgan fingerprint density at radius 1 is 1.06 bits per heavy atom. The fourth-order valence-corrected chi connectivity index (χ4v) is 5.50. The highest BCUT2D eigenvalue weighted by molar-refractivity contribution is 5.84. The number of nitrogens with zero attached hydrogens (tertiary/aromatic N) is 2. The van der Waals surface area contributed by atoms with Crippen molar-refractivity contribution in [2.24, 2.45) is 7.05 Å². The van der Waals surface area contributed by atoms with E-state index < -0.39 is 5.97 Å². The molecule has 164 valence electrons. The van der Waals surface area contributed by atoms with Gasteiger partial charge in [0.1, 0.15) is 25.2 Å². The molecule has 0 saturated heterocycles. The number of fused-ring (bicyclic) bond motifs is 6. The third-order valence-electron chi connectivity index (χ3n) is 7.02. The van der Waals surface area contributed by atoms with E-state index in [2.05, 4.69) is 46.8 Å². The largest absolute Gasteiger partial charge is 0.493 e. The van der Waals surface area contributed by atoms with Crippen LogP contribution in [-0.4, -0.2) is 30.8 Å². The molecule has 0 spiro atoms. The van der Waals surface area contributed by atoms with Gasteiger partial charge in [-0.25, -0.2) is 0 Å². The molecule has 3 aromatic rings. The van der Waals surface area contributed by atoms with E-state index in [9.17, 15) is 4.79 Å². The molecule has 0 bridgehead atoms. The summed E-state index contributed by atoms with van der Waals surface area (Å²) >= 11 is 0. The van der Waals surface area contributed by atoms with E-state index in [-0.39, 0.29) is 6.42 Å². The van der Waals surface area contributed by atoms with Crippen LogP contribution in [0.1, 0.15) is 36.0 Å². The average Bonchev–Trinajstić information content (AvgIpc) is 3.24. The number of pyridine rings is 1. The van der Waals surface area contributed by atoms with Gasteiger partial charge in [0.15, 0.2) is 0 Å². The van der Waals surface area contributed by atoms with Crippen LogP contribution in [0.25, 0.3) is 22.2 Å². The second-order valence-corrected chi connectivity index (χ2v) is 9.05. The average molecular weight is 432 g/mol. The minimum Gasteiger partial charge on any atom is -0.493 e. The van der Waals surface area contributed by atoms with Gasteiger partial charge in [-0.1, -0.05) is 0 Å². The lowest BCUT2D eigenvalue weighted by Crippen LogP contribution is -2.35. The first-order valence-corrected chi connectivity index (χ1v) is 11.5. The number of carboxylic acid groups (broad SMARTS) is 1.